The minimum Gasteiger partial charge on any atom is -0.467 e. The maximum Gasteiger partial charge on any atom is 0.250 e. The molecule has 1 aromatic carbocycles. The Bertz CT molecular complexity index is 838. The molecule has 0 atom stereocenters. The van der Waals surface area contributed by atoms with Gasteiger partial charge in [-0.2, -0.15) is 4.68 Å². The van der Waals surface area contributed by atoms with Gasteiger partial charge in [-0.25, -0.2) is 0 Å². The number of amides is 1. The average Bonchev–Trinajstić information content (AvgIpc) is 3.39. The molecule has 0 saturated carbocycles. The van der Waals surface area contributed by atoms with Crippen molar-refractivity contribution in [2.45, 2.75) is 19.4 Å². The van der Waals surface area contributed by atoms with Gasteiger partial charge in [0.15, 0.2) is 0 Å². The average molecular weight is 352 g/mol. The number of nitrogens with zero attached hydrogens (tertiary/aromatic N) is 5. The van der Waals surface area contributed by atoms with Crippen LogP contribution in [-0.4, -0.2) is 39.2 Å². The van der Waals surface area contributed by atoms with E-state index in [2.05, 4.69) is 25.7 Å². The molecule has 3 aromatic rings. The molecule has 4 rings (SSSR count). The number of para-hydroxylation sites is 1. The number of hydrogen-bond acceptors (Lipinski definition) is 6. The number of carbonyl (C=O) groups excluding carboxylic acids is 1. The molecule has 0 spiro atoms. The molecule has 26 heavy (non-hydrogen) atoms. The predicted molar refractivity (Wildman–Crippen MR) is 94.6 cm³/mol. The Kier molecular flexibility index (Phi) is 4.63. The number of hydrogen-bond donors (Lipinski definition) is 1. The Morgan fingerprint density at radius 3 is 2.69 bits per heavy atom. The first-order valence-electron chi connectivity index (χ1n) is 8.70. The van der Waals surface area contributed by atoms with Crippen LogP contribution in [-0.2, 0) is 11.3 Å². The summed E-state index contributed by atoms with van der Waals surface area (Å²) in [6.45, 7) is 1.91. The molecule has 8 nitrogen and oxygen atoms in total. The first-order chi connectivity index (χ1) is 12.8. The lowest BCUT2D eigenvalue weighted by Gasteiger charge is -2.31. The van der Waals surface area contributed by atoms with E-state index >= 15 is 0 Å². The molecular weight excluding hydrogens is 332 g/mol. The van der Waals surface area contributed by atoms with Crippen LogP contribution in [0, 0.1) is 5.92 Å². The quantitative estimate of drug-likeness (QED) is 0.753. The molecule has 3 heterocycles. The predicted octanol–water partition coefficient (Wildman–Crippen LogP) is 1.79. The Labute approximate surface area is 150 Å². The number of furan rings is 1. The number of anilines is 1. The summed E-state index contributed by atoms with van der Waals surface area (Å²) in [4.78, 5) is 14.5. The Morgan fingerprint density at radius 1 is 1.15 bits per heavy atom. The van der Waals surface area contributed by atoms with Crippen molar-refractivity contribution >= 4 is 11.9 Å². The van der Waals surface area contributed by atoms with Gasteiger partial charge in [0.2, 0.25) is 11.9 Å². The zero-order valence-electron chi connectivity index (χ0n) is 14.3. The lowest BCUT2D eigenvalue weighted by Crippen LogP contribution is -2.41. The topological polar surface area (TPSA) is 89.1 Å². The molecular formula is C18H20N6O2. The van der Waals surface area contributed by atoms with E-state index in [0.717, 1.165) is 37.4 Å². The van der Waals surface area contributed by atoms with Crippen LogP contribution in [0.5, 0.6) is 0 Å². The maximum absolute atomic E-state index is 12.4. The second-order valence-corrected chi connectivity index (χ2v) is 6.28. The summed E-state index contributed by atoms with van der Waals surface area (Å²) >= 11 is 0. The van der Waals surface area contributed by atoms with Crippen molar-refractivity contribution in [2.75, 3.05) is 18.0 Å². The third-order valence-electron chi connectivity index (χ3n) is 4.62. The number of piperidine rings is 1. The molecule has 0 aliphatic carbocycles. The Hall–Kier alpha value is -3.16. The molecule has 1 fully saturated rings. The second kappa shape index (κ2) is 7.38. The number of carbonyl (C=O) groups is 1. The van der Waals surface area contributed by atoms with Crippen molar-refractivity contribution in [3.8, 4) is 5.69 Å². The van der Waals surface area contributed by atoms with Gasteiger partial charge in [0.1, 0.15) is 5.76 Å². The highest BCUT2D eigenvalue weighted by Crippen LogP contribution is 2.23. The minimum atomic E-state index is 0.00210. The van der Waals surface area contributed by atoms with Crippen LogP contribution in [0.2, 0.25) is 0 Å². The highest BCUT2D eigenvalue weighted by Gasteiger charge is 2.27. The number of aromatic nitrogens is 4. The highest BCUT2D eigenvalue weighted by atomic mass is 16.3. The van der Waals surface area contributed by atoms with Crippen LogP contribution < -0.4 is 10.2 Å². The van der Waals surface area contributed by atoms with Gasteiger partial charge in [0.25, 0.3) is 0 Å². The fourth-order valence-electron chi connectivity index (χ4n) is 3.19. The largest absolute Gasteiger partial charge is 0.467 e. The van der Waals surface area contributed by atoms with Crippen molar-refractivity contribution in [1.82, 2.24) is 25.5 Å². The van der Waals surface area contributed by atoms with Gasteiger partial charge in [-0.05, 0) is 47.5 Å². The molecule has 1 aliphatic rings. The van der Waals surface area contributed by atoms with E-state index in [1.165, 1.54) is 0 Å². The summed E-state index contributed by atoms with van der Waals surface area (Å²) in [6, 6.07) is 13.5. The van der Waals surface area contributed by atoms with Crippen molar-refractivity contribution in [2.24, 2.45) is 5.92 Å². The molecule has 0 unspecified atom stereocenters. The van der Waals surface area contributed by atoms with Crippen molar-refractivity contribution in [3.63, 3.8) is 0 Å². The molecule has 1 N–H and O–H groups in total. The monoisotopic (exact) mass is 352 g/mol. The number of tetrazole rings is 1. The van der Waals surface area contributed by atoms with Gasteiger partial charge in [-0.3, -0.25) is 4.79 Å². The molecule has 1 aliphatic heterocycles. The van der Waals surface area contributed by atoms with E-state index < -0.39 is 0 Å². The molecule has 8 heteroatoms. The lowest BCUT2D eigenvalue weighted by atomic mass is 9.96. The van der Waals surface area contributed by atoms with Gasteiger partial charge in [0.05, 0.1) is 18.5 Å². The third-order valence-corrected chi connectivity index (χ3v) is 4.62. The molecule has 134 valence electrons. The van der Waals surface area contributed by atoms with Gasteiger partial charge in [-0.15, -0.1) is 0 Å². The number of rotatable bonds is 5. The van der Waals surface area contributed by atoms with Crippen molar-refractivity contribution in [1.29, 1.82) is 0 Å². The first-order valence-corrected chi connectivity index (χ1v) is 8.70. The van der Waals surface area contributed by atoms with Gasteiger partial charge >= 0.3 is 0 Å². The zero-order valence-corrected chi connectivity index (χ0v) is 14.3. The van der Waals surface area contributed by atoms with E-state index in [1.54, 1.807) is 10.9 Å². The van der Waals surface area contributed by atoms with E-state index in [0.29, 0.717) is 12.5 Å². The lowest BCUT2D eigenvalue weighted by molar-refractivity contribution is -0.125. The second-order valence-electron chi connectivity index (χ2n) is 6.28. The molecule has 2 aromatic heterocycles. The minimum absolute atomic E-state index is 0.00210. The Balaban J connectivity index is 1.35. The van der Waals surface area contributed by atoms with Gasteiger partial charge in [-0.1, -0.05) is 23.3 Å². The van der Waals surface area contributed by atoms with E-state index in [1.807, 2.05) is 42.5 Å². The fraction of sp³-hybridized carbons (Fsp3) is 0.333. The summed E-state index contributed by atoms with van der Waals surface area (Å²) in [5.74, 6) is 1.55. The first kappa shape index (κ1) is 16.3. The fourth-order valence-corrected chi connectivity index (χ4v) is 3.19. The van der Waals surface area contributed by atoms with Crippen LogP contribution in [0.4, 0.5) is 5.95 Å². The summed E-state index contributed by atoms with van der Waals surface area (Å²) in [6.07, 6.45) is 3.15. The summed E-state index contributed by atoms with van der Waals surface area (Å²) < 4.78 is 6.98. The van der Waals surface area contributed by atoms with Crippen LogP contribution in [0.15, 0.2) is 53.1 Å². The molecule has 0 radical (unpaired) electrons. The summed E-state index contributed by atoms with van der Waals surface area (Å²) in [5, 5.41) is 15.0. The summed E-state index contributed by atoms with van der Waals surface area (Å²) in [7, 11) is 0. The van der Waals surface area contributed by atoms with Crippen LogP contribution >= 0.6 is 0 Å². The highest BCUT2D eigenvalue weighted by molar-refractivity contribution is 5.78. The van der Waals surface area contributed by atoms with Crippen LogP contribution in [0.1, 0.15) is 18.6 Å². The SMILES string of the molecule is O=C(NCc1ccco1)C1CCN(c2nnnn2-c2ccccc2)CC1. The Morgan fingerprint density at radius 2 is 1.96 bits per heavy atom. The van der Waals surface area contributed by atoms with E-state index in [4.69, 9.17) is 4.42 Å². The van der Waals surface area contributed by atoms with E-state index in [9.17, 15) is 4.79 Å². The smallest absolute Gasteiger partial charge is 0.250 e. The molecule has 1 saturated heterocycles. The zero-order chi connectivity index (χ0) is 17.8. The van der Waals surface area contributed by atoms with Crippen LogP contribution in [0.25, 0.3) is 5.69 Å². The number of nitrogens with one attached hydrogen (secondary N) is 1. The maximum atomic E-state index is 12.4. The molecule has 1 amide bonds. The third kappa shape index (κ3) is 3.44. The normalized spacial score (nSPS) is 15.2. The van der Waals surface area contributed by atoms with Gasteiger partial charge < -0.3 is 14.6 Å². The summed E-state index contributed by atoms with van der Waals surface area (Å²) in [5.41, 5.74) is 0.922. The number of benzene rings is 1. The van der Waals surface area contributed by atoms with E-state index in [-0.39, 0.29) is 11.8 Å². The standard InChI is InChI=1S/C18H20N6O2/c25-17(19-13-16-7-4-12-26-16)14-8-10-23(11-9-14)18-20-21-22-24(18)15-5-2-1-3-6-15/h1-7,12,14H,8-11,13H2,(H,19,25). The van der Waals surface area contributed by atoms with Gasteiger partial charge in [0, 0.05) is 19.0 Å². The molecule has 0 bridgehead atoms. The van der Waals surface area contributed by atoms with Crippen molar-refractivity contribution < 1.29 is 9.21 Å². The van der Waals surface area contributed by atoms with Crippen LogP contribution in [0.3, 0.4) is 0 Å². The van der Waals surface area contributed by atoms with Crippen molar-refractivity contribution in [3.05, 3.63) is 54.5 Å².